The highest BCUT2D eigenvalue weighted by Crippen LogP contribution is 2.27. The highest BCUT2D eigenvalue weighted by Gasteiger charge is 2.25. The maximum Gasteiger partial charge on any atom is 0.240 e. The first-order valence-corrected chi connectivity index (χ1v) is 10.4. The Labute approximate surface area is 178 Å². The van der Waals surface area contributed by atoms with Gasteiger partial charge in [-0.05, 0) is 38.1 Å². The van der Waals surface area contributed by atoms with Gasteiger partial charge >= 0.3 is 0 Å². The van der Waals surface area contributed by atoms with Gasteiger partial charge in [-0.3, -0.25) is 9.69 Å². The Hall–Kier alpha value is -3.12. The average Bonchev–Trinajstić information content (AvgIpc) is 3.09. The van der Waals surface area contributed by atoms with Crippen molar-refractivity contribution in [3.8, 4) is 5.69 Å². The lowest BCUT2D eigenvalue weighted by molar-refractivity contribution is -0.119. The zero-order valence-corrected chi connectivity index (χ0v) is 18.0. The highest BCUT2D eigenvalue weighted by atomic mass is 16.2. The Morgan fingerprint density at radius 1 is 0.933 bits per heavy atom. The van der Waals surface area contributed by atoms with Crippen LogP contribution in [0.3, 0.4) is 0 Å². The van der Waals surface area contributed by atoms with Crippen LogP contribution in [0, 0.1) is 13.8 Å². The van der Waals surface area contributed by atoms with E-state index in [0.29, 0.717) is 6.54 Å². The SMILES string of the molecule is Cc1nn(-c2ccccc2)c(C)c1N1CCN(CC(=O)N(C)c2ccccc2)CC1. The number of hydrogen-bond donors (Lipinski definition) is 0. The van der Waals surface area contributed by atoms with Crippen LogP contribution in [0.1, 0.15) is 11.4 Å². The van der Waals surface area contributed by atoms with Crippen molar-refractivity contribution >= 4 is 17.3 Å². The molecule has 1 saturated heterocycles. The van der Waals surface area contributed by atoms with Crippen molar-refractivity contribution in [2.45, 2.75) is 13.8 Å². The minimum Gasteiger partial charge on any atom is -0.366 e. The molecule has 30 heavy (non-hydrogen) atoms. The zero-order valence-electron chi connectivity index (χ0n) is 18.0. The number of amides is 1. The number of para-hydroxylation sites is 2. The molecule has 0 unspecified atom stereocenters. The fourth-order valence-electron chi connectivity index (χ4n) is 4.14. The number of aryl methyl sites for hydroxylation is 1. The summed E-state index contributed by atoms with van der Waals surface area (Å²) in [5.74, 6) is 0.124. The van der Waals surface area contributed by atoms with Gasteiger partial charge in [-0.15, -0.1) is 0 Å². The molecule has 2 aromatic carbocycles. The second-order valence-electron chi connectivity index (χ2n) is 7.82. The Morgan fingerprint density at radius 2 is 1.53 bits per heavy atom. The van der Waals surface area contributed by atoms with Crippen molar-refractivity contribution in [1.82, 2.24) is 14.7 Å². The number of nitrogens with zero attached hydrogens (tertiary/aromatic N) is 5. The Balaban J connectivity index is 1.39. The van der Waals surface area contributed by atoms with E-state index in [1.165, 1.54) is 5.69 Å². The van der Waals surface area contributed by atoms with Crippen LogP contribution in [-0.4, -0.2) is 60.4 Å². The van der Waals surface area contributed by atoms with Gasteiger partial charge < -0.3 is 9.80 Å². The normalized spacial score (nSPS) is 14.7. The molecule has 156 valence electrons. The number of hydrogen-bond acceptors (Lipinski definition) is 4. The number of anilines is 2. The molecule has 1 fully saturated rings. The monoisotopic (exact) mass is 403 g/mol. The molecule has 0 aliphatic carbocycles. The van der Waals surface area contributed by atoms with Gasteiger partial charge in [0, 0.05) is 38.9 Å². The third kappa shape index (κ3) is 4.09. The highest BCUT2D eigenvalue weighted by molar-refractivity contribution is 5.94. The van der Waals surface area contributed by atoms with Crippen LogP contribution in [0.4, 0.5) is 11.4 Å². The number of carbonyl (C=O) groups is 1. The van der Waals surface area contributed by atoms with Crippen molar-refractivity contribution in [3.63, 3.8) is 0 Å². The lowest BCUT2D eigenvalue weighted by Crippen LogP contribution is -2.50. The molecule has 3 aromatic rings. The van der Waals surface area contributed by atoms with Crippen molar-refractivity contribution in [1.29, 1.82) is 0 Å². The fraction of sp³-hybridized carbons (Fsp3) is 0.333. The largest absolute Gasteiger partial charge is 0.366 e. The van der Waals surface area contributed by atoms with E-state index in [-0.39, 0.29) is 5.91 Å². The average molecular weight is 404 g/mol. The molecule has 6 nitrogen and oxygen atoms in total. The second kappa shape index (κ2) is 8.71. The number of carbonyl (C=O) groups excluding carboxylic acids is 1. The van der Waals surface area contributed by atoms with E-state index in [2.05, 4.69) is 35.8 Å². The first-order chi connectivity index (χ1) is 14.5. The summed E-state index contributed by atoms with van der Waals surface area (Å²) in [6, 6.07) is 20.1. The Bertz CT molecular complexity index is 991. The van der Waals surface area contributed by atoms with Gasteiger partial charge in [0.25, 0.3) is 0 Å². The molecular formula is C24H29N5O. The lowest BCUT2D eigenvalue weighted by atomic mass is 10.2. The van der Waals surface area contributed by atoms with E-state index in [4.69, 9.17) is 5.10 Å². The first-order valence-electron chi connectivity index (χ1n) is 10.4. The van der Waals surface area contributed by atoms with Crippen molar-refractivity contribution in [3.05, 3.63) is 72.1 Å². The smallest absolute Gasteiger partial charge is 0.240 e. The second-order valence-corrected chi connectivity index (χ2v) is 7.82. The van der Waals surface area contributed by atoms with Crippen LogP contribution in [0.15, 0.2) is 60.7 Å². The summed E-state index contributed by atoms with van der Waals surface area (Å²) < 4.78 is 2.02. The summed E-state index contributed by atoms with van der Waals surface area (Å²) in [4.78, 5) is 19.1. The zero-order chi connectivity index (χ0) is 21.1. The molecule has 0 radical (unpaired) electrons. The summed E-state index contributed by atoms with van der Waals surface area (Å²) in [6.07, 6.45) is 0. The van der Waals surface area contributed by atoms with Crippen LogP contribution in [-0.2, 0) is 4.79 Å². The van der Waals surface area contributed by atoms with Gasteiger partial charge in [-0.1, -0.05) is 36.4 Å². The van der Waals surface area contributed by atoms with Crippen LogP contribution in [0.5, 0.6) is 0 Å². The molecule has 0 saturated carbocycles. The van der Waals surface area contributed by atoms with Crippen molar-refractivity contribution in [2.24, 2.45) is 0 Å². The molecule has 4 rings (SSSR count). The summed E-state index contributed by atoms with van der Waals surface area (Å²) in [5.41, 5.74) is 5.43. The fourth-order valence-corrected chi connectivity index (χ4v) is 4.14. The molecular weight excluding hydrogens is 374 g/mol. The van der Waals surface area contributed by atoms with Crippen LogP contribution < -0.4 is 9.80 Å². The molecule has 0 atom stereocenters. The van der Waals surface area contributed by atoms with Gasteiger partial charge in [0.15, 0.2) is 0 Å². The summed E-state index contributed by atoms with van der Waals surface area (Å²) in [7, 11) is 1.85. The first kappa shape index (κ1) is 20.2. The van der Waals surface area contributed by atoms with E-state index in [9.17, 15) is 4.79 Å². The van der Waals surface area contributed by atoms with E-state index >= 15 is 0 Å². The van der Waals surface area contributed by atoms with Crippen molar-refractivity contribution in [2.75, 3.05) is 49.6 Å². The number of rotatable bonds is 5. The maximum atomic E-state index is 12.7. The predicted octanol–water partition coefficient (Wildman–Crippen LogP) is 3.27. The number of benzene rings is 2. The molecule has 0 bridgehead atoms. The van der Waals surface area contributed by atoms with Crippen molar-refractivity contribution < 1.29 is 4.79 Å². The van der Waals surface area contributed by atoms with E-state index in [0.717, 1.165) is 48.9 Å². The summed E-state index contributed by atoms with van der Waals surface area (Å²) >= 11 is 0. The third-order valence-electron chi connectivity index (χ3n) is 5.82. The maximum absolute atomic E-state index is 12.7. The molecule has 1 amide bonds. The van der Waals surface area contributed by atoms with Crippen LogP contribution >= 0.6 is 0 Å². The quantitative estimate of drug-likeness (QED) is 0.656. The van der Waals surface area contributed by atoms with Crippen LogP contribution in [0.2, 0.25) is 0 Å². The molecule has 6 heteroatoms. The van der Waals surface area contributed by atoms with Gasteiger partial charge in [-0.25, -0.2) is 4.68 Å². The molecule has 1 aliphatic rings. The molecule has 2 heterocycles. The van der Waals surface area contributed by atoms with E-state index in [1.807, 2.05) is 60.3 Å². The van der Waals surface area contributed by atoms with Crippen LogP contribution in [0.25, 0.3) is 5.69 Å². The van der Waals surface area contributed by atoms with Gasteiger partial charge in [-0.2, -0.15) is 5.10 Å². The minimum atomic E-state index is 0.124. The van der Waals surface area contributed by atoms with Gasteiger partial charge in [0.2, 0.25) is 5.91 Å². The van der Waals surface area contributed by atoms with E-state index in [1.54, 1.807) is 4.90 Å². The minimum absolute atomic E-state index is 0.124. The number of aromatic nitrogens is 2. The number of likely N-dealkylation sites (N-methyl/N-ethyl adjacent to an activating group) is 1. The standard InChI is InChI=1S/C24H29N5O/c1-19-24(20(2)29(25-19)22-12-8-5-9-13-22)28-16-14-27(15-17-28)18-23(30)26(3)21-10-6-4-7-11-21/h4-13H,14-18H2,1-3H3. The predicted molar refractivity (Wildman–Crippen MR) is 122 cm³/mol. The summed E-state index contributed by atoms with van der Waals surface area (Å²) in [6.45, 7) is 8.17. The number of piperazine rings is 1. The molecule has 1 aromatic heterocycles. The van der Waals surface area contributed by atoms with Gasteiger partial charge in [0.05, 0.1) is 29.3 Å². The Morgan fingerprint density at radius 3 is 2.17 bits per heavy atom. The molecule has 1 aliphatic heterocycles. The Kier molecular flexibility index (Phi) is 5.86. The lowest BCUT2D eigenvalue weighted by Gasteiger charge is -2.36. The van der Waals surface area contributed by atoms with E-state index < -0.39 is 0 Å². The van der Waals surface area contributed by atoms with Gasteiger partial charge in [0.1, 0.15) is 0 Å². The third-order valence-corrected chi connectivity index (χ3v) is 5.82. The molecule has 0 N–H and O–H groups in total. The molecule has 0 spiro atoms. The summed E-state index contributed by atoms with van der Waals surface area (Å²) in [5, 5.41) is 4.78. The topological polar surface area (TPSA) is 44.6 Å².